The fourth-order valence-electron chi connectivity index (χ4n) is 1.88. The molecule has 0 radical (unpaired) electrons. The minimum absolute atomic E-state index is 0.0901. The van der Waals surface area contributed by atoms with Crippen LogP contribution in [-0.2, 0) is 4.79 Å². The monoisotopic (exact) mass is 364 g/mol. The molecule has 0 saturated carbocycles. The van der Waals surface area contributed by atoms with E-state index in [1.807, 2.05) is 31.2 Å². The average molecular weight is 365 g/mol. The van der Waals surface area contributed by atoms with Crippen LogP contribution < -0.4 is 15.4 Å². The first-order valence-corrected chi connectivity index (χ1v) is 8.06. The molecule has 126 valence electrons. The topological polar surface area (TPSA) is 50.4 Å². The summed E-state index contributed by atoms with van der Waals surface area (Å²) in [5.74, 6) is 0.480. The van der Waals surface area contributed by atoms with Crippen LogP contribution >= 0.6 is 23.2 Å². The maximum absolute atomic E-state index is 12.0. The first kappa shape index (κ1) is 18.2. The van der Waals surface area contributed by atoms with Crippen LogP contribution in [0.1, 0.15) is 6.92 Å². The van der Waals surface area contributed by atoms with Crippen LogP contribution in [0.5, 0.6) is 5.75 Å². The second-order valence-electron chi connectivity index (χ2n) is 5.28. The number of nitrogens with one attached hydrogen (secondary N) is 2. The molecule has 0 aliphatic heterocycles. The van der Waals surface area contributed by atoms with Gasteiger partial charge >= 0.3 is 0 Å². The van der Waals surface area contributed by atoms with Gasteiger partial charge in [0.25, 0.3) is 0 Å². The normalized spacial score (nSPS) is 10.1. The lowest BCUT2D eigenvalue weighted by Gasteiger charge is -2.11. The van der Waals surface area contributed by atoms with Crippen LogP contribution in [0.15, 0.2) is 54.6 Å². The molecule has 0 saturated heterocycles. The Kier molecular flexibility index (Phi) is 6.53. The molecular formula is C18H18Cl2N2O2. The van der Waals surface area contributed by atoms with E-state index < -0.39 is 0 Å². The molecule has 0 aromatic heterocycles. The SMILES string of the molecule is C=C(C)COc1cccc(NCC(=O)Nc2cccc(Cl)c2Cl)c1. The van der Waals surface area contributed by atoms with Crippen molar-refractivity contribution < 1.29 is 9.53 Å². The van der Waals surface area contributed by atoms with Crippen molar-refractivity contribution in [1.82, 2.24) is 0 Å². The summed E-state index contributed by atoms with van der Waals surface area (Å²) in [7, 11) is 0. The maximum Gasteiger partial charge on any atom is 0.243 e. The number of ether oxygens (including phenoxy) is 1. The zero-order valence-corrected chi connectivity index (χ0v) is 14.7. The lowest BCUT2D eigenvalue weighted by atomic mass is 10.3. The van der Waals surface area contributed by atoms with E-state index in [2.05, 4.69) is 17.2 Å². The number of carbonyl (C=O) groups excluding carboxylic acids is 1. The highest BCUT2D eigenvalue weighted by Crippen LogP contribution is 2.29. The number of halogens is 2. The number of hydrogen-bond acceptors (Lipinski definition) is 3. The van der Waals surface area contributed by atoms with Gasteiger partial charge in [0.2, 0.25) is 5.91 Å². The molecule has 2 N–H and O–H groups in total. The zero-order valence-electron chi connectivity index (χ0n) is 13.2. The van der Waals surface area contributed by atoms with Crippen LogP contribution in [0.25, 0.3) is 0 Å². The van der Waals surface area contributed by atoms with Gasteiger partial charge in [-0.15, -0.1) is 0 Å². The molecule has 2 rings (SSSR count). The van der Waals surface area contributed by atoms with Crippen molar-refractivity contribution >= 4 is 40.5 Å². The number of benzene rings is 2. The van der Waals surface area contributed by atoms with Crippen molar-refractivity contribution in [2.45, 2.75) is 6.92 Å². The van der Waals surface area contributed by atoms with Gasteiger partial charge in [-0.3, -0.25) is 4.79 Å². The molecule has 24 heavy (non-hydrogen) atoms. The Morgan fingerprint density at radius 2 is 1.96 bits per heavy atom. The van der Waals surface area contributed by atoms with Crippen molar-refractivity contribution in [2.75, 3.05) is 23.8 Å². The van der Waals surface area contributed by atoms with E-state index in [9.17, 15) is 4.79 Å². The van der Waals surface area contributed by atoms with Crippen molar-refractivity contribution in [3.63, 3.8) is 0 Å². The molecule has 1 amide bonds. The summed E-state index contributed by atoms with van der Waals surface area (Å²) < 4.78 is 5.57. The van der Waals surface area contributed by atoms with Gasteiger partial charge in [0.15, 0.2) is 0 Å². The molecule has 2 aromatic carbocycles. The van der Waals surface area contributed by atoms with E-state index >= 15 is 0 Å². The molecule has 0 fully saturated rings. The van der Waals surface area contributed by atoms with E-state index in [4.69, 9.17) is 27.9 Å². The fourth-order valence-corrected chi connectivity index (χ4v) is 2.23. The average Bonchev–Trinajstić information content (AvgIpc) is 2.56. The third-order valence-corrected chi connectivity index (χ3v) is 3.82. The highest BCUT2D eigenvalue weighted by Gasteiger charge is 2.08. The van der Waals surface area contributed by atoms with E-state index in [1.165, 1.54) is 0 Å². The van der Waals surface area contributed by atoms with Crippen molar-refractivity contribution in [1.29, 1.82) is 0 Å². The van der Waals surface area contributed by atoms with E-state index in [-0.39, 0.29) is 12.5 Å². The Bertz CT molecular complexity index is 748. The Balaban J connectivity index is 1.90. The van der Waals surface area contributed by atoms with Gasteiger partial charge in [0.05, 0.1) is 22.3 Å². The van der Waals surface area contributed by atoms with Gasteiger partial charge in [0, 0.05) is 11.8 Å². The van der Waals surface area contributed by atoms with Crippen LogP contribution in [0, 0.1) is 0 Å². The Morgan fingerprint density at radius 3 is 2.71 bits per heavy atom. The highest BCUT2D eigenvalue weighted by atomic mass is 35.5. The standard InChI is InChI=1S/C18H18Cl2N2O2/c1-12(2)11-24-14-6-3-5-13(9-14)21-10-17(23)22-16-8-4-7-15(19)18(16)20/h3-9,21H,1,10-11H2,2H3,(H,22,23). The zero-order chi connectivity index (χ0) is 17.5. The van der Waals surface area contributed by atoms with Crippen LogP contribution in [-0.4, -0.2) is 19.1 Å². The summed E-state index contributed by atoms with van der Waals surface area (Å²) in [6.07, 6.45) is 0. The first-order chi connectivity index (χ1) is 11.5. The molecule has 0 aliphatic carbocycles. The second-order valence-corrected chi connectivity index (χ2v) is 6.06. The molecule has 0 unspecified atom stereocenters. The maximum atomic E-state index is 12.0. The summed E-state index contributed by atoms with van der Waals surface area (Å²) >= 11 is 12.0. The Hall–Kier alpha value is -2.17. The largest absolute Gasteiger partial charge is 0.489 e. The molecule has 0 aliphatic rings. The first-order valence-electron chi connectivity index (χ1n) is 7.30. The second kappa shape index (κ2) is 8.62. The van der Waals surface area contributed by atoms with Crippen LogP contribution in [0.2, 0.25) is 10.0 Å². The van der Waals surface area contributed by atoms with Gasteiger partial charge in [0.1, 0.15) is 12.4 Å². The van der Waals surface area contributed by atoms with Crippen LogP contribution in [0.4, 0.5) is 11.4 Å². The number of amides is 1. The summed E-state index contributed by atoms with van der Waals surface area (Å²) in [4.78, 5) is 12.0. The minimum Gasteiger partial charge on any atom is -0.489 e. The van der Waals surface area contributed by atoms with Gasteiger partial charge in [-0.25, -0.2) is 0 Å². The smallest absolute Gasteiger partial charge is 0.243 e. The summed E-state index contributed by atoms with van der Waals surface area (Å²) in [5.41, 5.74) is 2.20. The Morgan fingerprint density at radius 1 is 1.21 bits per heavy atom. The van der Waals surface area contributed by atoms with Gasteiger partial charge in [-0.1, -0.05) is 41.9 Å². The third-order valence-electron chi connectivity index (χ3n) is 3.00. The molecule has 0 heterocycles. The lowest BCUT2D eigenvalue weighted by molar-refractivity contribution is -0.114. The molecule has 6 heteroatoms. The van der Waals surface area contributed by atoms with Crippen LogP contribution in [0.3, 0.4) is 0 Å². The van der Waals surface area contributed by atoms with Gasteiger partial charge in [-0.05, 0) is 36.8 Å². The molecule has 0 atom stereocenters. The van der Waals surface area contributed by atoms with E-state index in [0.717, 1.165) is 11.3 Å². The molecule has 0 spiro atoms. The summed E-state index contributed by atoms with van der Waals surface area (Å²) in [6, 6.07) is 12.4. The molecule has 4 nitrogen and oxygen atoms in total. The van der Waals surface area contributed by atoms with Gasteiger partial charge in [-0.2, -0.15) is 0 Å². The molecular weight excluding hydrogens is 347 g/mol. The lowest BCUT2D eigenvalue weighted by Crippen LogP contribution is -2.21. The Labute approximate surface area is 151 Å². The highest BCUT2D eigenvalue weighted by molar-refractivity contribution is 6.44. The predicted octanol–water partition coefficient (Wildman–Crippen LogP) is 5.00. The predicted molar refractivity (Wildman–Crippen MR) is 100 cm³/mol. The molecule has 0 bridgehead atoms. The summed E-state index contributed by atoms with van der Waals surface area (Å²) in [5, 5.41) is 6.47. The minimum atomic E-state index is -0.229. The van der Waals surface area contributed by atoms with Gasteiger partial charge < -0.3 is 15.4 Å². The number of hydrogen-bond donors (Lipinski definition) is 2. The summed E-state index contributed by atoms with van der Waals surface area (Å²) in [6.45, 7) is 6.23. The number of carbonyl (C=O) groups is 1. The molecule has 2 aromatic rings. The third kappa shape index (κ3) is 5.48. The number of rotatable bonds is 7. The quantitative estimate of drug-likeness (QED) is 0.679. The number of anilines is 2. The van der Waals surface area contributed by atoms with E-state index in [0.29, 0.717) is 28.1 Å². The fraction of sp³-hybridized carbons (Fsp3) is 0.167. The van der Waals surface area contributed by atoms with Crippen molar-refractivity contribution in [3.05, 3.63) is 64.7 Å². The van der Waals surface area contributed by atoms with Crippen molar-refractivity contribution in [3.8, 4) is 5.75 Å². The van der Waals surface area contributed by atoms with Crippen molar-refractivity contribution in [2.24, 2.45) is 0 Å². The van der Waals surface area contributed by atoms with E-state index in [1.54, 1.807) is 18.2 Å².